The second-order valence-corrected chi connectivity index (χ2v) is 12.2. The van der Waals surface area contributed by atoms with Crippen molar-refractivity contribution in [1.82, 2.24) is 5.32 Å². The Labute approximate surface area is 287 Å². The number of hydrogen-bond acceptors (Lipinski definition) is 5. The summed E-state index contributed by atoms with van der Waals surface area (Å²) in [5.74, 6) is -0.665. The van der Waals surface area contributed by atoms with Crippen molar-refractivity contribution in [2.75, 3.05) is 17.7 Å². The third-order valence-electron chi connectivity index (χ3n) is 6.80. The number of hydrogen-bond donors (Lipinski definition) is 3. The van der Waals surface area contributed by atoms with E-state index in [1.54, 1.807) is 78.9 Å². The van der Waals surface area contributed by atoms with Gasteiger partial charge >= 0.3 is 0 Å². The highest BCUT2D eigenvalue weighted by Gasteiger charge is 2.23. The van der Waals surface area contributed by atoms with Crippen molar-refractivity contribution >= 4 is 70.1 Å². The fourth-order valence-corrected chi connectivity index (χ4v) is 6.12. The van der Waals surface area contributed by atoms with Crippen LogP contribution in [0.5, 0.6) is 5.75 Å². The summed E-state index contributed by atoms with van der Waals surface area (Å²) in [7, 11) is 1.54. The number of amides is 3. The largest absolute Gasteiger partial charge is 0.496 e. The Kier molecular flexibility index (Phi) is 11.4. The number of anilines is 2. The lowest BCUT2D eigenvalue weighted by molar-refractivity contribution is -0.116. The molecule has 1 atom stereocenters. The van der Waals surface area contributed by atoms with Crippen LogP contribution in [0.4, 0.5) is 11.4 Å². The zero-order valence-corrected chi connectivity index (χ0v) is 27.4. The standard InChI is InChI=1S/C37H29Cl2N3O4S/c1-46-33-15-9-8-14-26(33)20-32(42-35(43)25-12-6-3-7-13-25)36(44)40-29-16-18-31(19-17-29)47-34(24-10-4-2-5-11-24)37(45)41-30-22-27(38)21-28(39)23-30/h2-23,34H,1H3,(H,40,44)(H,41,45)(H,42,43)/b32-20-. The van der Waals surface area contributed by atoms with E-state index >= 15 is 0 Å². The Balaban J connectivity index is 1.34. The molecule has 0 spiro atoms. The average molecular weight is 683 g/mol. The van der Waals surface area contributed by atoms with Crippen LogP contribution in [0.3, 0.4) is 0 Å². The quantitative estimate of drug-likeness (QED) is 0.0956. The zero-order chi connectivity index (χ0) is 33.2. The van der Waals surface area contributed by atoms with Crippen LogP contribution >= 0.6 is 35.0 Å². The van der Waals surface area contributed by atoms with Crippen LogP contribution in [0, 0.1) is 0 Å². The molecule has 3 N–H and O–H groups in total. The minimum atomic E-state index is -0.599. The van der Waals surface area contributed by atoms with Gasteiger partial charge < -0.3 is 20.7 Å². The number of ether oxygens (including phenoxy) is 1. The van der Waals surface area contributed by atoms with Crippen molar-refractivity contribution in [3.8, 4) is 5.75 Å². The molecule has 0 fully saturated rings. The fraction of sp³-hybridized carbons (Fsp3) is 0.0541. The molecule has 0 saturated heterocycles. The Morgan fingerprint density at radius 2 is 1.34 bits per heavy atom. The molecule has 5 rings (SSSR count). The highest BCUT2D eigenvalue weighted by molar-refractivity contribution is 8.00. The van der Waals surface area contributed by atoms with Gasteiger partial charge in [-0.05, 0) is 72.3 Å². The Morgan fingerprint density at radius 3 is 2.00 bits per heavy atom. The summed E-state index contributed by atoms with van der Waals surface area (Å²) in [6.45, 7) is 0. The van der Waals surface area contributed by atoms with Crippen LogP contribution in [0.1, 0.15) is 26.7 Å². The topological polar surface area (TPSA) is 96.5 Å². The van der Waals surface area contributed by atoms with Crippen molar-refractivity contribution in [1.29, 1.82) is 0 Å². The molecule has 0 aliphatic heterocycles. The van der Waals surface area contributed by atoms with Gasteiger partial charge in [-0.15, -0.1) is 11.8 Å². The summed E-state index contributed by atoms with van der Waals surface area (Å²) < 4.78 is 5.44. The summed E-state index contributed by atoms with van der Waals surface area (Å²) >= 11 is 13.6. The number of carbonyl (C=O) groups excluding carboxylic acids is 3. The SMILES string of the molecule is COc1ccccc1/C=C(\NC(=O)c1ccccc1)C(=O)Nc1ccc(SC(C(=O)Nc2cc(Cl)cc(Cl)c2)c2ccccc2)cc1. The molecule has 0 aliphatic carbocycles. The van der Waals surface area contributed by atoms with E-state index in [4.69, 9.17) is 27.9 Å². The number of rotatable bonds is 11. The van der Waals surface area contributed by atoms with Gasteiger partial charge in [0.05, 0.1) is 7.11 Å². The summed E-state index contributed by atoms with van der Waals surface area (Å²) in [4.78, 5) is 40.8. The van der Waals surface area contributed by atoms with Gasteiger partial charge in [-0.25, -0.2) is 0 Å². The molecular weight excluding hydrogens is 653 g/mol. The molecule has 5 aromatic carbocycles. The van der Waals surface area contributed by atoms with E-state index in [2.05, 4.69) is 16.0 Å². The van der Waals surface area contributed by atoms with Crippen molar-refractivity contribution in [3.05, 3.63) is 160 Å². The number of methoxy groups -OCH3 is 1. The predicted molar refractivity (Wildman–Crippen MR) is 190 cm³/mol. The number of benzene rings is 5. The first-order chi connectivity index (χ1) is 22.8. The fourth-order valence-electron chi connectivity index (χ4n) is 4.57. The van der Waals surface area contributed by atoms with Gasteiger partial charge in [0.1, 0.15) is 16.7 Å². The van der Waals surface area contributed by atoms with Crippen LogP contribution in [0.15, 0.2) is 138 Å². The molecule has 10 heteroatoms. The summed E-state index contributed by atoms with van der Waals surface area (Å²) in [6, 6.07) is 37.2. The molecule has 3 amide bonds. The van der Waals surface area contributed by atoms with E-state index in [1.807, 2.05) is 54.6 Å². The van der Waals surface area contributed by atoms with Crippen molar-refractivity contribution < 1.29 is 19.1 Å². The van der Waals surface area contributed by atoms with E-state index in [9.17, 15) is 14.4 Å². The minimum Gasteiger partial charge on any atom is -0.496 e. The van der Waals surface area contributed by atoms with Crippen LogP contribution in [0.25, 0.3) is 6.08 Å². The summed E-state index contributed by atoms with van der Waals surface area (Å²) in [5, 5.41) is 8.73. The Bertz CT molecular complexity index is 1880. The zero-order valence-electron chi connectivity index (χ0n) is 25.1. The van der Waals surface area contributed by atoms with E-state index in [1.165, 1.54) is 18.9 Å². The van der Waals surface area contributed by atoms with E-state index in [-0.39, 0.29) is 11.6 Å². The van der Waals surface area contributed by atoms with Gasteiger partial charge in [-0.2, -0.15) is 0 Å². The Hall–Kier alpha value is -5.02. The normalized spacial score (nSPS) is 11.7. The summed E-state index contributed by atoms with van der Waals surface area (Å²) in [6.07, 6.45) is 1.56. The number of halogens is 2. The van der Waals surface area contributed by atoms with Crippen LogP contribution < -0.4 is 20.7 Å². The number of thioether (sulfide) groups is 1. The number of carbonyl (C=O) groups is 3. The third-order valence-corrected chi connectivity index (χ3v) is 8.51. The smallest absolute Gasteiger partial charge is 0.272 e. The highest BCUT2D eigenvalue weighted by atomic mass is 35.5. The lowest BCUT2D eigenvalue weighted by atomic mass is 10.1. The maximum absolute atomic E-state index is 13.5. The Morgan fingerprint density at radius 1 is 0.723 bits per heavy atom. The lowest BCUT2D eigenvalue weighted by Gasteiger charge is -2.18. The first-order valence-corrected chi connectivity index (χ1v) is 16.0. The molecule has 0 bridgehead atoms. The van der Waals surface area contributed by atoms with Gasteiger partial charge in [0, 0.05) is 37.4 Å². The maximum Gasteiger partial charge on any atom is 0.272 e. The molecule has 0 saturated carbocycles. The number of para-hydroxylation sites is 1. The number of nitrogens with one attached hydrogen (secondary N) is 3. The first-order valence-electron chi connectivity index (χ1n) is 14.4. The second-order valence-electron chi connectivity index (χ2n) is 10.2. The van der Waals surface area contributed by atoms with Crippen molar-refractivity contribution in [2.45, 2.75) is 10.1 Å². The third kappa shape index (κ3) is 9.26. The van der Waals surface area contributed by atoms with Crippen molar-refractivity contribution in [2.24, 2.45) is 0 Å². The molecule has 7 nitrogen and oxygen atoms in total. The minimum absolute atomic E-state index is 0.0312. The average Bonchev–Trinajstić information content (AvgIpc) is 3.08. The molecule has 0 aliphatic rings. The molecule has 1 unspecified atom stereocenters. The molecule has 0 heterocycles. The van der Waals surface area contributed by atoms with Gasteiger partial charge in [0.15, 0.2) is 0 Å². The second kappa shape index (κ2) is 16.0. The van der Waals surface area contributed by atoms with E-state index in [0.717, 1.165) is 10.5 Å². The monoisotopic (exact) mass is 681 g/mol. The van der Waals surface area contributed by atoms with Gasteiger partial charge in [0.25, 0.3) is 11.8 Å². The molecule has 47 heavy (non-hydrogen) atoms. The molecular formula is C37H29Cl2N3O4S. The lowest BCUT2D eigenvalue weighted by Crippen LogP contribution is -2.30. The van der Waals surface area contributed by atoms with E-state index in [0.29, 0.717) is 38.3 Å². The molecule has 0 aromatic heterocycles. The van der Waals surface area contributed by atoms with Crippen LogP contribution in [-0.2, 0) is 9.59 Å². The van der Waals surface area contributed by atoms with Crippen LogP contribution in [-0.4, -0.2) is 24.8 Å². The summed E-state index contributed by atoms with van der Waals surface area (Å²) in [5.41, 5.74) is 2.84. The van der Waals surface area contributed by atoms with Crippen LogP contribution in [0.2, 0.25) is 10.0 Å². The predicted octanol–water partition coefficient (Wildman–Crippen LogP) is 8.88. The van der Waals surface area contributed by atoms with Crippen molar-refractivity contribution in [3.63, 3.8) is 0 Å². The van der Waals surface area contributed by atoms with E-state index < -0.39 is 17.1 Å². The molecule has 5 aromatic rings. The van der Waals surface area contributed by atoms with Gasteiger partial charge in [-0.1, -0.05) is 89.9 Å². The molecule has 236 valence electrons. The van der Waals surface area contributed by atoms with Gasteiger partial charge in [0.2, 0.25) is 5.91 Å². The first kappa shape index (κ1) is 33.3. The molecule has 0 radical (unpaired) electrons. The highest BCUT2D eigenvalue weighted by Crippen LogP contribution is 2.37. The van der Waals surface area contributed by atoms with Gasteiger partial charge in [-0.3, -0.25) is 14.4 Å². The maximum atomic E-state index is 13.5.